The summed E-state index contributed by atoms with van der Waals surface area (Å²) < 4.78 is 1.63. The van der Waals surface area contributed by atoms with E-state index in [2.05, 4.69) is 25.6 Å². The van der Waals surface area contributed by atoms with Crippen LogP contribution in [0.15, 0.2) is 72.1 Å². The molecule has 2 aromatic heterocycles. The van der Waals surface area contributed by atoms with E-state index in [1.807, 2.05) is 24.3 Å². The molecule has 1 N–H and O–H groups in total. The highest BCUT2D eigenvalue weighted by molar-refractivity contribution is 7.98. The Morgan fingerprint density at radius 2 is 1.61 bits per heavy atom. The molecular weight excluding hydrogens is 455 g/mol. The number of benzene rings is 2. The van der Waals surface area contributed by atoms with E-state index in [-0.39, 0.29) is 11.6 Å². The lowest BCUT2D eigenvalue weighted by molar-refractivity contribution is 0.0945. The first-order valence-electron chi connectivity index (χ1n) is 9.23. The van der Waals surface area contributed by atoms with Crippen molar-refractivity contribution in [2.75, 3.05) is 0 Å². The number of nitrogens with zero attached hydrogens (tertiary/aromatic N) is 5. The lowest BCUT2D eigenvalue weighted by Gasteiger charge is -2.09. The van der Waals surface area contributed by atoms with Gasteiger partial charge in [-0.2, -0.15) is 0 Å². The van der Waals surface area contributed by atoms with Crippen LogP contribution in [0.25, 0.3) is 5.69 Å². The molecule has 0 saturated carbocycles. The highest BCUT2D eigenvalue weighted by Crippen LogP contribution is 2.23. The molecule has 156 valence electrons. The Labute approximate surface area is 192 Å². The Morgan fingerprint density at radius 3 is 2.29 bits per heavy atom. The molecule has 0 aliphatic rings. The van der Waals surface area contributed by atoms with E-state index in [1.54, 1.807) is 47.4 Å². The van der Waals surface area contributed by atoms with Gasteiger partial charge < -0.3 is 5.32 Å². The number of rotatable bonds is 7. The number of aromatic nitrogens is 5. The van der Waals surface area contributed by atoms with Gasteiger partial charge in [-0.3, -0.25) is 4.79 Å². The average Bonchev–Trinajstić information content (AvgIpc) is 3.22. The van der Waals surface area contributed by atoms with Crippen LogP contribution in [-0.2, 0) is 12.3 Å². The topological polar surface area (TPSA) is 85.6 Å². The van der Waals surface area contributed by atoms with Crippen molar-refractivity contribution < 1.29 is 4.79 Å². The summed E-state index contributed by atoms with van der Waals surface area (Å²) in [6, 6.07) is 16.2. The highest BCUT2D eigenvalue weighted by atomic mass is 35.5. The maximum Gasteiger partial charge on any atom is 0.274 e. The van der Waals surface area contributed by atoms with Gasteiger partial charge in [0.2, 0.25) is 0 Å². The molecule has 31 heavy (non-hydrogen) atoms. The van der Waals surface area contributed by atoms with E-state index in [4.69, 9.17) is 23.2 Å². The van der Waals surface area contributed by atoms with Crippen LogP contribution in [0.1, 0.15) is 21.7 Å². The van der Waals surface area contributed by atoms with Gasteiger partial charge in [-0.15, -0.1) is 5.10 Å². The predicted molar refractivity (Wildman–Crippen MR) is 121 cm³/mol. The van der Waals surface area contributed by atoms with Crippen LogP contribution in [0.2, 0.25) is 10.0 Å². The fourth-order valence-electron chi connectivity index (χ4n) is 2.76. The molecule has 0 bridgehead atoms. The van der Waals surface area contributed by atoms with Gasteiger partial charge in [0.15, 0.2) is 10.9 Å². The second kappa shape index (κ2) is 9.91. The van der Waals surface area contributed by atoms with Gasteiger partial charge in [-0.1, -0.05) is 52.3 Å². The summed E-state index contributed by atoms with van der Waals surface area (Å²) in [7, 11) is 0. The van der Waals surface area contributed by atoms with E-state index in [1.165, 1.54) is 11.8 Å². The normalized spacial score (nSPS) is 10.8. The number of nitrogens with one attached hydrogen (secondary N) is 1. The third-order valence-corrected chi connectivity index (χ3v) is 5.69. The Bertz CT molecular complexity index is 1170. The van der Waals surface area contributed by atoms with Gasteiger partial charge in [0.05, 0.1) is 11.4 Å². The van der Waals surface area contributed by atoms with Gasteiger partial charge in [-0.25, -0.2) is 14.6 Å². The number of carbonyl (C=O) groups is 1. The van der Waals surface area contributed by atoms with Gasteiger partial charge in [0.1, 0.15) is 0 Å². The summed E-state index contributed by atoms with van der Waals surface area (Å²) in [5.74, 6) is 0.0864. The molecule has 4 aromatic rings. The standard InChI is InChI=1S/C21H16Cl2N6OS/c22-15-4-2-14(3-5-15)12-26-20(30)19-18(13-31-21-24-10-1-11-25-21)29(28-27-19)17-8-6-16(23)7-9-17/h1-11H,12-13H2,(H,26,30). The highest BCUT2D eigenvalue weighted by Gasteiger charge is 2.21. The van der Waals surface area contributed by atoms with Crippen molar-refractivity contribution in [1.29, 1.82) is 0 Å². The summed E-state index contributed by atoms with van der Waals surface area (Å²) in [5, 5.41) is 13.1. The summed E-state index contributed by atoms with van der Waals surface area (Å²) in [6.45, 7) is 0.345. The second-order valence-corrected chi connectivity index (χ2v) is 8.22. The van der Waals surface area contributed by atoms with Crippen LogP contribution in [0, 0.1) is 0 Å². The Balaban J connectivity index is 1.58. The van der Waals surface area contributed by atoms with Crippen LogP contribution >= 0.6 is 35.0 Å². The smallest absolute Gasteiger partial charge is 0.274 e. The maximum absolute atomic E-state index is 12.9. The molecule has 2 heterocycles. The summed E-state index contributed by atoms with van der Waals surface area (Å²) in [5.41, 5.74) is 2.55. The second-order valence-electron chi connectivity index (χ2n) is 6.40. The predicted octanol–water partition coefficient (Wildman–Crippen LogP) is 4.59. The average molecular weight is 471 g/mol. The van der Waals surface area contributed by atoms with Crippen LogP contribution in [0.5, 0.6) is 0 Å². The van der Waals surface area contributed by atoms with Crippen molar-refractivity contribution in [2.24, 2.45) is 0 Å². The lowest BCUT2D eigenvalue weighted by Crippen LogP contribution is -2.24. The van der Waals surface area contributed by atoms with E-state index < -0.39 is 0 Å². The van der Waals surface area contributed by atoms with Crippen molar-refractivity contribution >= 4 is 40.9 Å². The van der Waals surface area contributed by atoms with E-state index in [0.29, 0.717) is 33.2 Å². The molecule has 0 atom stereocenters. The molecule has 2 aromatic carbocycles. The summed E-state index contributed by atoms with van der Waals surface area (Å²) in [6.07, 6.45) is 3.34. The monoisotopic (exact) mass is 470 g/mol. The minimum absolute atomic E-state index is 0.243. The lowest BCUT2D eigenvalue weighted by atomic mass is 10.2. The number of halogens is 2. The first kappa shape index (κ1) is 21.3. The quantitative estimate of drug-likeness (QED) is 0.314. The van der Waals surface area contributed by atoms with Gasteiger partial charge in [0.25, 0.3) is 5.91 Å². The van der Waals surface area contributed by atoms with Crippen molar-refractivity contribution in [3.05, 3.63) is 94.0 Å². The molecule has 10 heteroatoms. The van der Waals surface area contributed by atoms with Crippen LogP contribution in [0.4, 0.5) is 0 Å². The Kier molecular flexibility index (Phi) is 6.81. The van der Waals surface area contributed by atoms with Crippen molar-refractivity contribution in [1.82, 2.24) is 30.3 Å². The molecule has 0 fully saturated rings. The van der Waals surface area contributed by atoms with Crippen molar-refractivity contribution in [3.8, 4) is 5.69 Å². The van der Waals surface area contributed by atoms with Gasteiger partial charge >= 0.3 is 0 Å². The van der Waals surface area contributed by atoms with Crippen LogP contribution in [0.3, 0.4) is 0 Å². The van der Waals surface area contributed by atoms with Crippen LogP contribution in [-0.4, -0.2) is 30.9 Å². The number of thioether (sulfide) groups is 1. The largest absolute Gasteiger partial charge is 0.347 e. The zero-order valence-electron chi connectivity index (χ0n) is 16.1. The first-order valence-corrected chi connectivity index (χ1v) is 11.0. The molecule has 0 radical (unpaired) electrons. The first-order chi connectivity index (χ1) is 15.1. The number of hydrogen-bond donors (Lipinski definition) is 1. The van der Waals surface area contributed by atoms with Gasteiger partial charge in [0, 0.05) is 34.7 Å². The molecule has 0 aliphatic carbocycles. The van der Waals surface area contributed by atoms with E-state index in [0.717, 1.165) is 11.3 Å². The minimum atomic E-state index is -0.320. The number of amides is 1. The Hall–Kier alpha value is -2.94. The molecule has 0 saturated heterocycles. The van der Waals surface area contributed by atoms with Crippen LogP contribution < -0.4 is 5.32 Å². The molecule has 4 rings (SSSR count). The third kappa shape index (κ3) is 5.41. The maximum atomic E-state index is 12.9. The SMILES string of the molecule is O=C(NCc1ccc(Cl)cc1)c1nnn(-c2ccc(Cl)cc2)c1CSc1ncccn1. The molecule has 7 nitrogen and oxygen atoms in total. The molecule has 0 unspecified atom stereocenters. The molecule has 0 aliphatic heterocycles. The fourth-order valence-corrected chi connectivity index (χ4v) is 3.81. The molecular formula is C21H16Cl2N6OS. The third-order valence-electron chi connectivity index (χ3n) is 4.30. The van der Waals surface area contributed by atoms with Crippen molar-refractivity contribution in [2.45, 2.75) is 17.5 Å². The van der Waals surface area contributed by atoms with Gasteiger partial charge in [-0.05, 0) is 48.0 Å². The number of hydrogen-bond acceptors (Lipinski definition) is 6. The zero-order valence-corrected chi connectivity index (χ0v) is 18.4. The summed E-state index contributed by atoms with van der Waals surface area (Å²) >= 11 is 13.3. The molecule has 1 amide bonds. The number of carbonyl (C=O) groups excluding carboxylic acids is 1. The van der Waals surface area contributed by atoms with Crippen molar-refractivity contribution in [3.63, 3.8) is 0 Å². The van der Waals surface area contributed by atoms with E-state index in [9.17, 15) is 4.79 Å². The summed E-state index contributed by atoms with van der Waals surface area (Å²) in [4.78, 5) is 21.3. The van der Waals surface area contributed by atoms with E-state index >= 15 is 0 Å². The zero-order chi connectivity index (χ0) is 21.6. The molecule has 0 spiro atoms. The minimum Gasteiger partial charge on any atom is -0.347 e. The fraction of sp³-hybridized carbons (Fsp3) is 0.0952. The Morgan fingerprint density at radius 1 is 0.968 bits per heavy atom.